The second kappa shape index (κ2) is 9.30. The third-order valence-corrected chi connectivity index (χ3v) is 5.63. The number of imidazole rings is 1. The first-order chi connectivity index (χ1) is 17.1. The summed E-state index contributed by atoms with van der Waals surface area (Å²) >= 11 is 0. The van der Waals surface area contributed by atoms with Crippen LogP contribution in [0.5, 0.6) is 17.2 Å². The fraction of sp³-hybridized carbons (Fsp3) is 0.154. The molecule has 0 amide bonds. The molecule has 0 bridgehead atoms. The van der Waals surface area contributed by atoms with Gasteiger partial charge in [0.15, 0.2) is 17.2 Å². The Labute approximate surface area is 201 Å². The van der Waals surface area contributed by atoms with Gasteiger partial charge in [0, 0.05) is 11.8 Å². The van der Waals surface area contributed by atoms with E-state index < -0.39 is 0 Å². The number of methoxy groups -OCH3 is 3. The predicted octanol–water partition coefficient (Wildman–Crippen LogP) is 3.90. The van der Waals surface area contributed by atoms with Crippen molar-refractivity contribution in [2.45, 2.75) is 6.54 Å². The zero-order chi connectivity index (χ0) is 24.4. The summed E-state index contributed by atoms with van der Waals surface area (Å²) in [6.45, 7) is 0.357. The Morgan fingerprint density at radius 3 is 2.31 bits per heavy atom. The van der Waals surface area contributed by atoms with E-state index in [0.717, 1.165) is 11.1 Å². The van der Waals surface area contributed by atoms with Gasteiger partial charge in [0.25, 0.3) is 0 Å². The SMILES string of the molecule is COc1cc(Cn2cc(C(=O)c3c(-c4ccccc4)nc4ccccn34)nn2)cc(OC)c1OC. The van der Waals surface area contributed by atoms with Crippen LogP contribution in [-0.2, 0) is 6.54 Å². The van der Waals surface area contributed by atoms with Crippen molar-refractivity contribution in [3.8, 4) is 28.5 Å². The summed E-state index contributed by atoms with van der Waals surface area (Å²) in [6.07, 6.45) is 3.45. The number of ether oxygens (including phenoxy) is 3. The van der Waals surface area contributed by atoms with Crippen LogP contribution in [0, 0.1) is 0 Å². The number of pyridine rings is 1. The second-order valence-corrected chi connectivity index (χ2v) is 7.77. The molecule has 0 aliphatic carbocycles. The third kappa shape index (κ3) is 4.08. The Balaban J connectivity index is 1.50. The van der Waals surface area contributed by atoms with Crippen molar-refractivity contribution >= 4 is 11.4 Å². The number of hydrogen-bond donors (Lipinski definition) is 0. The number of hydrogen-bond acceptors (Lipinski definition) is 7. The summed E-state index contributed by atoms with van der Waals surface area (Å²) in [5.41, 5.74) is 3.64. The largest absolute Gasteiger partial charge is 0.493 e. The van der Waals surface area contributed by atoms with E-state index in [4.69, 9.17) is 19.2 Å². The van der Waals surface area contributed by atoms with Crippen molar-refractivity contribution in [2.24, 2.45) is 0 Å². The highest BCUT2D eigenvalue weighted by Gasteiger charge is 2.24. The van der Waals surface area contributed by atoms with Crippen molar-refractivity contribution in [3.63, 3.8) is 0 Å². The predicted molar refractivity (Wildman–Crippen MR) is 129 cm³/mol. The van der Waals surface area contributed by atoms with Crippen molar-refractivity contribution < 1.29 is 19.0 Å². The van der Waals surface area contributed by atoms with Crippen LogP contribution in [0.1, 0.15) is 21.7 Å². The number of ketones is 1. The van der Waals surface area contributed by atoms with Gasteiger partial charge in [-0.2, -0.15) is 0 Å². The van der Waals surface area contributed by atoms with Crippen molar-refractivity contribution in [1.82, 2.24) is 24.4 Å². The van der Waals surface area contributed by atoms with Crippen molar-refractivity contribution in [3.05, 3.63) is 90.0 Å². The molecule has 0 atom stereocenters. The van der Waals surface area contributed by atoms with E-state index in [1.165, 1.54) is 0 Å². The Bertz CT molecular complexity index is 1480. The maximum absolute atomic E-state index is 13.6. The highest BCUT2D eigenvalue weighted by molar-refractivity contribution is 6.10. The van der Waals surface area contributed by atoms with Gasteiger partial charge in [-0.1, -0.05) is 41.6 Å². The van der Waals surface area contributed by atoms with Gasteiger partial charge < -0.3 is 14.2 Å². The molecule has 176 valence electrons. The van der Waals surface area contributed by atoms with Gasteiger partial charge in [0.2, 0.25) is 11.5 Å². The highest BCUT2D eigenvalue weighted by Crippen LogP contribution is 2.38. The van der Waals surface area contributed by atoms with Gasteiger partial charge in [-0.05, 0) is 29.8 Å². The fourth-order valence-electron chi connectivity index (χ4n) is 4.02. The minimum atomic E-state index is -0.265. The number of nitrogens with zero attached hydrogens (tertiary/aromatic N) is 5. The summed E-state index contributed by atoms with van der Waals surface area (Å²) in [4.78, 5) is 18.3. The molecule has 0 spiro atoms. The number of fused-ring (bicyclic) bond motifs is 1. The first-order valence-electron chi connectivity index (χ1n) is 10.9. The van der Waals surface area contributed by atoms with Crippen LogP contribution in [0.15, 0.2) is 73.1 Å². The van der Waals surface area contributed by atoms with Gasteiger partial charge in [-0.15, -0.1) is 5.10 Å². The average molecular weight is 470 g/mol. The van der Waals surface area contributed by atoms with Crippen LogP contribution >= 0.6 is 0 Å². The summed E-state index contributed by atoms with van der Waals surface area (Å²) in [6, 6.07) is 18.9. The fourth-order valence-corrected chi connectivity index (χ4v) is 4.02. The Morgan fingerprint density at radius 2 is 1.63 bits per heavy atom. The van der Waals surface area contributed by atoms with Gasteiger partial charge in [0.1, 0.15) is 17.0 Å². The molecule has 9 heteroatoms. The van der Waals surface area contributed by atoms with E-state index in [-0.39, 0.29) is 11.5 Å². The summed E-state index contributed by atoms with van der Waals surface area (Å²) in [5.74, 6) is 1.32. The molecule has 0 saturated carbocycles. The van der Waals surface area contributed by atoms with Crippen LogP contribution in [0.25, 0.3) is 16.9 Å². The highest BCUT2D eigenvalue weighted by atomic mass is 16.5. The molecular formula is C26H23N5O4. The molecule has 5 aromatic rings. The van der Waals surface area contributed by atoms with Crippen LogP contribution < -0.4 is 14.2 Å². The van der Waals surface area contributed by atoms with Gasteiger partial charge in [-0.25, -0.2) is 9.67 Å². The second-order valence-electron chi connectivity index (χ2n) is 7.77. The lowest BCUT2D eigenvalue weighted by atomic mass is 10.1. The molecule has 0 saturated heterocycles. The zero-order valence-electron chi connectivity index (χ0n) is 19.5. The van der Waals surface area contributed by atoms with Gasteiger partial charge in [0.05, 0.1) is 34.1 Å². The molecule has 0 unspecified atom stereocenters. The molecule has 2 aromatic carbocycles. The smallest absolute Gasteiger partial charge is 0.233 e. The van der Waals surface area contributed by atoms with Crippen LogP contribution in [-0.4, -0.2) is 51.5 Å². The molecule has 9 nitrogen and oxygen atoms in total. The molecule has 3 heterocycles. The van der Waals surface area contributed by atoms with Crippen LogP contribution in [0.3, 0.4) is 0 Å². The molecule has 35 heavy (non-hydrogen) atoms. The van der Waals surface area contributed by atoms with E-state index in [9.17, 15) is 4.79 Å². The monoisotopic (exact) mass is 469 g/mol. The lowest BCUT2D eigenvalue weighted by Gasteiger charge is -2.14. The van der Waals surface area contributed by atoms with Gasteiger partial charge >= 0.3 is 0 Å². The van der Waals surface area contributed by atoms with Gasteiger partial charge in [-0.3, -0.25) is 9.20 Å². The lowest BCUT2D eigenvalue weighted by molar-refractivity contribution is 0.102. The molecule has 0 N–H and O–H groups in total. The molecule has 3 aromatic heterocycles. The zero-order valence-corrected chi connectivity index (χ0v) is 19.5. The van der Waals surface area contributed by atoms with E-state index in [1.807, 2.05) is 66.9 Å². The Morgan fingerprint density at radius 1 is 0.914 bits per heavy atom. The van der Waals surface area contributed by atoms with E-state index in [2.05, 4.69) is 10.3 Å². The molecule has 0 aliphatic rings. The van der Waals surface area contributed by atoms with Crippen molar-refractivity contribution in [2.75, 3.05) is 21.3 Å². The number of aromatic nitrogens is 5. The standard InChI is InChI=1S/C26H23N5O4/c1-33-20-13-17(14-21(34-2)26(20)35-3)15-30-16-19(28-29-30)25(32)24-23(18-9-5-4-6-10-18)27-22-11-7-8-12-31(22)24/h4-14,16H,15H2,1-3H3. The van der Waals surface area contributed by atoms with E-state index in [0.29, 0.717) is 40.8 Å². The Kier molecular flexibility index (Phi) is 5.88. The normalized spacial score (nSPS) is 10.9. The number of rotatable bonds is 8. The van der Waals surface area contributed by atoms with Crippen LogP contribution in [0.2, 0.25) is 0 Å². The van der Waals surface area contributed by atoms with Crippen LogP contribution in [0.4, 0.5) is 0 Å². The van der Waals surface area contributed by atoms with Crippen molar-refractivity contribution in [1.29, 1.82) is 0 Å². The average Bonchev–Trinajstić information content (AvgIpc) is 3.53. The maximum Gasteiger partial charge on any atom is 0.233 e. The quantitative estimate of drug-likeness (QED) is 0.318. The number of carbonyl (C=O) groups excluding carboxylic acids is 1. The molecule has 0 aliphatic heterocycles. The molecule has 0 radical (unpaired) electrons. The summed E-state index contributed by atoms with van der Waals surface area (Å²) in [7, 11) is 4.68. The summed E-state index contributed by atoms with van der Waals surface area (Å²) in [5, 5.41) is 8.35. The Hall–Kier alpha value is -4.66. The number of benzene rings is 2. The minimum Gasteiger partial charge on any atom is -0.493 e. The first-order valence-corrected chi connectivity index (χ1v) is 10.9. The first kappa shape index (κ1) is 22.1. The summed E-state index contributed by atoms with van der Waals surface area (Å²) < 4.78 is 19.6. The minimum absolute atomic E-state index is 0.222. The molecular weight excluding hydrogens is 446 g/mol. The molecule has 5 rings (SSSR count). The third-order valence-electron chi connectivity index (χ3n) is 5.63. The lowest BCUT2D eigenvalue weighted by Crippen LogP contribution is -2.07. The molecule has 0 fully saturated rings. The van der Waals surface area contributed by atoms with E-state index in [1.54, 1.807) is 36.6 Å². The maximum atomic E-state index is 13.6. The van der Waals surface area contributed by atoms with E-state index >= 15 is 0 Å². The number of carbonyl (C=O) groups is 1. The topological polar surface area (TPSA) is 92.8 Å².